The van der Waals surface area contributed by atoms with Crippen molar-refractivity contribution in [2.45, 2.75) is 59.3 Å². The second kappa shape index (κ2) is 10.6. The largest absolute Gasteiger partial charge is 0.476 e. The summed E-state index contributed by atoms with van der Waals surface area (Å²) in [5, 5.41) is 4.45. The molecular weight excluding hydrogens is 464 g/mol. The summed E-state index contributed by atoms with van der Waals surface area (Å²) in [4.78, 5) is 17.2. The number of aromatic nitrogens is 3. The summed E-state index contributed by atoms with van der Waals surface area (Å²) in [6.07, 6.45) is 3.83. The van der Waals surface area contributed by atoms with Gasteiger partial charge >= 0.3 is 0 Å². The quantitative estimate of drug-likeness (QED) is 0.429. The minimum atomic E-state index is -4.00. The van der Waals surface area contributed by atoms with Gasteiger partial charge < -0.3 is 4.74 Å². The fourth-order valence-electron chi connectivity index (χ4n) is 3.89. The van der Waals surface area contributed by atoms with Crippen LogP contribution in [0.5, 0.6) is 5.88 Å². The maximum Gasteiger partial charge on any atom is 0.266 e. The highest BCUT2D eigenvalue weighted by Gasteiger charge is 2.27. The molecule has 0 radical (unpaired) electrons. The highest BCUT2D eigenvalue weighted by atomic mass is 32.2. The second-order valence-electron chi connectivity index (χ2n) is 9.36. The number of pyridine rings is 1. The van der Waals surface area contributed by atoms with Gasteiger partial charge in [0.15, 0.2) is 5.82 Å². The molecule has 0 saturated carbocycles. The lowest BCUT2D eigenvalue weighted by Crippen LogP contribution is -2.31. The normalized spacial score (nSPS) is 12.9. The minimum Gasteiger partial charge on any atom is -0.476 e. The monoisotopic (exact) mass is 498 g/mol. The van der Waals surface area contributed by atoms with Crippen LogP contribution in [0.25, 0.3) is 5.82 Å². The number of hydrogen-bond acceptors (Lipinski definition) is 6. The summed E-state index contributed by atoms with van der Waals surface area (Å²) in [6, 6.07) is 11.4. The van der Waals surface area contributed by atoms with Gasteiger partial charge in [0, 0.05) is 12.3 Å². The summed E-state index contributed by atoms with van der Waals surface area (Å²) in [5.41, 5.74) is 1.29. The summed E-state index contributed by atoms with van der Waals surface area (Å²) in [7, 11) is -4.00. The average molecular weight is 499 g/mol. The molecule has 3 rings (SSSR count). The molecule has 8 nitrogen and oxygen atoms in total. The SMILES string of the molecule is CCC(COc1ccn(-c2ccc(C(=O)NS(=O)(=O)c3ccccc3C)c(C)n2)n1)C(C)(C)CC. The van der Waals surface area contributed by atoms with Crippen molar-refractivity contribution in [1.29, 1.82) is 0 Å². The summed E-state index contributed by atoms with van der Waals surface area (Å²) in [5.74, 6) is 0.669. The predicted molar refractivity (Wildman–Crippen MR) is 135 cm³/mol. The third kappa shape index (κ3) is 6.08. The Morgan fingerprint density at radius 1 is 1.11 bits per heavy atom. The Kier molecular flexibility index (Phi) is 8.00. The van der Waals surface area contributed by atoms with Crippen molar-refractivity contribution in [1.82, 2.24) is 19.5 Å². The van der Waals surface area contributed by atoms with E-state index in [-0.39, 0.29) is 15.9 Å². The molecule has 0 fully saturated rings. The Balaban J connectivity index is 1.72. The van der Waals surface area contributed by atoms with Crippen LogP contribution in [0.15, 0.2) is 53.6 Å². The Morgan fingerprint density at radius 3 is 2.46 bits per heavy atom. The maximum absolute atomic E-state index is 12.7. The molecule has 0 saturated heterocycles. The average Bonchev–Trinajstić information content (AvgIpc) is 3.28. The van der Waals surface area contributed by atoms with Gasteiger partial charge in [0.1, 0.15) is 0 Å². The van der Waals surface area contributed by atoms with Gasteiger partial charge in [-0.2, -0.15) is 0 Å². The van der Waals surface area contributed by atoms with Crippen molar-refractivity contribution in [3.05, 3.63) is 65.5 Å². The number of nitrogens with zero attached hydrogens (tertiary/aromatic N) is 3. The molecule has 0 bridgehead atoms. The lowest BCUT2D eigenvalue weighted by atomic mass is 9.76. The Morgan fingerprint density at radius 2 is 1.83 bits per heavy atom. The van der Waals surface area contributed by atoms with Gasteiger partial charge in [-0.15, -0.1) is 5.10 Å². The number of nitrogens with one attached hydrogen (secondary N) is 1. The van der Waals surface area contributed by atoms with Crippen LogP contribution < -0.4 is 9.46 Å². The van der Waals surface area contributed by atoms with Crippen LogP contribution in [-0.4, -0.2) is 35.7 Å². The Hall–Kier alpha value is -3.20. The van der Waals surface area contributed by atoms with E-state index >= 15 is 0 Å². The molecule has 188 valence electrons. The van der Waals surface area contributed by atoms with E-state index in [9.17, 15) is 13.2 Å². The molecule has 1 aromatic carbocycles. The van der Waals surface area contributed by atoms with Gasteiger partial charge in [0.25, 0.3) is 15.9 Å². The zero-order chi connectivity index (χ0) is 25.8. The van der Waals surface area contributed by atoms with Crippen molar-refractivity contribution < 1.29 is 17.9 Å². The minimum absolute atomic E-state index is 0.0623. The predicted octanol–water partition coefficient (Wildman–Crippen LogP) is 4.84. The molecule has 1 amide bonds. The van der Waals surface area contributed by atoms with Crippen LogP contribution in [0.1, 0.15) is 62.2 Å². The molecule has 35 heavy (non-hydrogen) atoms. The van der Waals surface area contributed by atoms with E-state index in [0.29, 0.717) is 35.5 Å². The Bertz CT molecular complexity index is 1300. The van der Waals surface area contributed by atoms with Gasteiger partial charge in [-0.25, -0.2) is 22.8 Å². The number of ether oxygens (including phenoxy) is 1. The topological polar surface area (TPSA) is 103 Å². The van der Waals surface area contributed by atoms with Crippen LogP contribution in [0.2, 0.25) is 0 Å². The molecule has 0 spiro atoms. The standard InChI is InChI=1S/C26H34N4O4S/c1-7-20(26(5,6)8-2)17-34-24-15-16-30(28-24)23-14-13-21(19(4)27-23)25(31)29-35(32,33)22-12-10-9-11-18(22)3/h9-16,20H,7-8,17H2,1-6H3,(H,29,31). The van der Waals surface area contributed by atoms with Crippen LogP contribution in [0, 0.1) is 25.2 Å². The second-order valence-corrected chi connectivity index (χ2v) is 11.0. The van der Waals surface area contributed by atoms with Crippen molar-refractivity contribution in [2.24, 2.45) is 11.3 Å². The number of rotatable bonds is 10. The molecule has 1 unspecified atom stereocenters. The fraction of sp³-hybridized carbons (Fsp3) is 0.423. The van der Waals surface area contributed by atoms with Crippen molar-refractivity contribution in [3.8, 4) is 11.7 Å². The van der Waals surface area contributed by atoms with Crippen molar-refractivity contribution in [3.63, 3.8) is 0 Å². The first-order valence-electron chi connectivity index (χ1n) is 11.8. The molecule has 2 heterocycles. The number of sulfonamides is 1. The van der Waals surface area contributed by atoms with Crippen LogP contribution in [0.3, 0.4) is 0 Å². The van der Waals surface area contributed by atoms with Crippen molar-refractivity contribution in [2.75, 3.05) is 6.61 Å². The lowest BCUT2D eigenvalue weighted by Gasteiger charge is -2.32. The first-order valence-corrected chi connectivity index (χ1v) is 13.3. The zero-order valence-corrected chi connectivity index (χ0v) is 22.0. The third-order valence-electron chi connectivity index (χ3n) is 6.67. The van der Waals surface area contributed by atoms with Gasteiger partial charge in [0.2, 0.25) is 5.88 Å². The van der Waals surface area contributed by atoms with E-state index in [1.165, 1.54) is 6.07 Å². The molecule has 1 N–H and O–H groups in total. The van der Waals surface area contributed by atoms with Crippen LogP contribution in [-0.2, 0) is 10.0 Å². The van der Waals surface area contributed by atoms with E-state index in [1.807, 2.05) is 0 Å². The van der Waals surface area contributed by atoms with E-state index in [4.69, 9.17) is 4.74 Å². The molecule has 0 aliphatic rings. The van der Waals surface area contributed by atoms with Crippen molar-refractivity contribution >= 4 is 15.9 Å². The molecule has 3 aromatic rings. The van der Waals surface area contributed by atoms with E-state index in [2.05, 4.69) is 42.5 Å². The van der Waals surface area contributed by atoms with Gasteiger partial charge in [-0.1, -0.05) is 52.3 Å². The zero-order valence-electron chi connectivity index (χ0n) is 21.2. The highest BCUT2D eigenvalue weighted by Crippen LogP contribution is 2.33. The highest BCUT2D eigenvalue weighted by molar-refractivity contribution is 7.90. The first kappa shape index (κ1) is 26.4. The fourth-order valence-corrected chi connectivity index (χ4v) is 5.10. The molecule has 2 aromatic heterocycles. The van der Waals surface area contributed by atoms with E-state index in [1.54, 1.807) is 61.1 Å². The first-order chi connectivity index (χ1) is 16.5. The molecule has 0 aliphatic carbocycles. The van der Waals surface area contributed by atoms with Gasteiger partial charge in [-0.3, -0.25) is 4.79 Å². The lowest BCUT2D eigenvalue weighted by molar-refractivity contribution is 0.0980. The molecule has 9 heteroatoms. The van der Waals surface area contributed by atoms with Gasteiger partial charge in [-0.05, 0) is 55.4 Å². The molecule has 1 atom stereocenters. The van der Waals surface area contributed by atoms with Gasteiger partial charge in [0.05, 0.1) is 22.8 Å². The van der Waals surface area contributed by atoms with E-state index < -0.39 is 15.9 Å². The Labute approximate surface area is 207 Å². The van der Waals surface area contributed by atoms with Crippen LogP contribution >= 0.6 is 0 Å². The van der Waals surface area contributed by atoms with E-state index in [0.717, 1.165) is 12.8 Å². The maximum atomic E-state index is 12.7. The van der Waals surface area contributed by atoms with Crippen LogP contribution in [0.4, 0.5) is 0 Å². The third-order valence-corrected chi connectivity index (χ3v) is 8.16. The molecule has 0 aliphatic heterocycles. The smallest absolute Gasteiger partial charge is 0.266 e. The number of carbonyl (C=O) groups is 1. The number of carbonyl (C=O) groups excluding carboxylic acids is 1. The number of benzene rings is 1. The summed E-state index contributed by atoms with van der Waals surface area (Å²) < 4.78 is 35.0. The molecular formula is C26H34N4O4S. The number of aryl methyl sites for hydroxylation is 2. The summed E-state index contributed by atoms with van der Waals surface area (Å²) in [6.45, 7) is 12.8. The number of amides is 1. The number of hydrogen-bond donors (Lipinski definition) is 1. The summed E-state index contributed by atoms with van der Waals surface area (Å²) >= 11 is 0.